The first kappa shape index (κ1) is 14.2. The molecule has 0 amide bonds. The molecule has 0 aliphatic rings. The third kappa shape index (κ3) is 3.66. The van der Waals surface area contributed by atoms with Gasteiger partial charge in [-0.15, -0.1) is 0 Å². The van der Waals surface area contributed by atoms with Crippen molar-refractivity contribution in [1.29, 1.82) is 0 Å². The molecule has 0 aliphatic carbocycles. The Morgan fingerprint density at radius 1 is 1.00 bits per heavy atom. The molecule has 0 bridgehead atoms. The average molecular weight is 271 g/mol. The molecule has 2 aromatic carbocycles. The maximum atomic E-state index is 11.1. The van der Waals surface area contributed by atoms with Crippen molar-refractivity contribution >= 4 is 5.97 Å². The van der Waals surface area contributed by atoms with Crippen molar-refractivity contribution in [1.82, 2.24) is 5.32 Å². The number of carboxylic acids is 1. The Balaban J connectivity index is 1.97. The molecule has 0 spiro atoms. The number of nitrogens with one attached hydrogen (secondary N) is 1. The van der Waals surface area contributed by atoms with E-state index in [4.69, 9.17) is 10.2 Å². The lowest BCUT2D eigenvalue weighted by atomic mass is 10.1. The van der Waals surface area contributed by atoms with Gasteiger partial charge in [0.2, 0.25) is 0 Å². The summed E-state index contributed by atoms with van der Waals surface area (Å²) in [6.07, 6.45) is 0. The zero-order chi connectivity index (χ0) is 14.4. The lowest BCUT2D eigenvalue weighted by molar-refractivity contribution is 0.0695. The van der Waals surface area contributed by atoms with E-state index >= 15 is 0 Å². The highest BCUT2D eigenvalue weighted by atomic mass is 16.4. The molecular formula is C16H17NO3. The Labute approximate surface area is 117 Å². The van der Waals surface area contributed by atoms with E-state index in [0.717, 1.165) is 16.7 Å². The van der Waals surface area contributed by atoms with Gasteiger partial charge in [-0.3, -0.25) is 0 Å². The Kier molecular flexibility index (Phi) is 4.87. The minimum absolute atomic E-state index is 0.0235. The average Bonchev–Trinajstić information content (AvgIpc) is 2.48. The van der Waals surface area contributed by atoms with E-state index < -0.39 is 5.97 Å². The third-order valence-electron chi connectivity index (χ3n) is 3.07. The summed E-state index contributed by atoms with van der Waals surface area (Å²) in [5, 5.41) is 21.4. The number of rotatable bonds is 6. The minimum atomic E-state index is -0.912. The molecule has 0 saturated heterocycles. The van der Waals surface area contributed by atoms with E-state index in [1.165, 1.54) is 0 Å². The van der Waals surface area contributed by atoms with Crippen LogP contribution >= 0.6 is 0 Å². The van der Waals surface area contributed by atoms with Gasteiger partial charge in [0.25, 0.3) is 0 Å². The van der Waals surface area contributed by atoms with E-state index in [1.807, 2.05) is 30.3 Å². The topological polar surface area (TPSA) is 69.6 Å². The maximum Gasteiger partial charge on any atom is 0.336 e. The van der Waals surface area contributed by atoms with Gasteiger partial charge in [-0.25, -0.2) is 4.79 Å². The normalized spacial score (nSPS) is 10.4. The SMILES string of the molecule is O=C(O)c1ccccc1CNCc1cccc(CO)c1. The Morgan fingerprint density at radius 2 is 1.75 bits per heavy atom. The van der Waals surface area contributed by atoms with Crippen LogP contribution in [0.15, 0.2) is 48.5 Å². The van der Waals surface area contributed by atoms with Gasteiger partial charge in [0.05, 0.1) is 12.2 Å². The fourth-order valence-electron chi connectivity index (χ4n) is 2.06. The van der Waals surface area contributed by atoms with Crippen LogP contribution in [0.2, 0.25) is 0 Å². The molecule has 0 aromatic heterocycles. The lowest BCUT2D eigenvalue weighted by Gasteiger charge is -2.08. The highest BCUT2D eigenvalue weighted by Crippen LogP contribution is 2.09. The summed E-state index contributed by atoms with van der Waals surface area (Å²) in [6, 6.07) is 14.6. The quantitative estimate of drug-likeness (QED) is 0.753. The number of hydrogen-bond acceptors (Lipinski definition) is 3. The van der Waals surface area contributed by atoms with E-state index in [-0.39, 0.29) is 6.61 Å². The summed E-state index contributed by atoms with van der Waals surface area (Å²) in [4.78, 5) is 11.1. The van der Waals surface area contributed by atoms with E-state index in [9.17, 15) is 4.79 Å². The number of benzene rings is 2. The van der Waals surface area contributed by atoms with Crippen molar-refractivity contribution in [3.8, 4) is 0 Å². The largest absolute Gasteiger partial charge is 0.478 e. The Bertz CT molecular complexity index is 596. The Morgan fingerprint density at radius 3 is 2.50 bits per heavy atom. The molecule has 104 valence electrons. The van der Waals surface area contributed by atoms with Crippen LogP contribution in [-0.4, -0.2) is 16.2 Å². The first-order valence-electron chi connectivity index (χ1n) is 6.41. The minimum Gasteiger partial charge on any atom is -0.478 e. The zero-order valence-corrected chi connectivity index (χ0v) is 11.0. The number of carboxylic acid groups (broad SMARTS) is 1. The van der Waals surface area contributed by atoms with Gasteiger partial charge >= 0.3 is 5.97 Å². The van der Waals surface area contributed by atoms with E-state index in [2.05, 4.69) is 5.32 Å². The predicted molar refractivity (Wildman–Crippen MR) is 76.3 cm³/mol. The first-order valence-corrected chi connectivity index (χ1v) is 6.41. The van der Waals surface area contributed by atoms with Gasteiger partial charge < -0.3 is 15.5 Å². The molecule has 3 N–H and O–H groups in total. The summed E-state index contributed by atoms with van der Waals surface area (Å²) in [6.45, 7) is 1.14. The van der Waals surface area contributed by atoms with Crippen molar-refractivity contribution in [2.45, 2.75) is 19.7 Å². The summed E-state index contributed by atoms with van der Waals surface area (Å²) < 4.78 is 0. The second-order valence-corrected chi connectivity index (χ2v) is 4.54. The molecule has 0 aliphatic heterocycles. The summed E-state index contributed by atoms with van der Waals surface area (Å²) in [5.74, 6) is -0.912. The van der Waals surface area contributed by atoms with Crippen molar-refractivity contribution in [3.63, 3.8) is 0 Å². The lowest BCUT2D eigenvalue weighted by Crippen LogP contribution is -2.15. The number of aromatic carboxylic acids is 1. The van der Waals surface area contributed by atoms with Gasteiger partial charge in [-0.1, -0.05) is 42.5 Å². The molecule has 0 heterocycles. The van der Waals surface area contributed by atoms with Gasteiger partial charge in [0.1, 0.15) is 0 Å². The highest BCUT2D eigenvalue weighted by molar-refractivity contribution is 5.89. The van der Waals surface area contributed by atoms with Crippen LogP contribution < -0.4 is 5.32 Å². The Hall–Kier alpha value is -2.17. The predicted octanol–water partition coefficient (Wildman–Crippen LogP) is 2.17. The summed E-state index contributed by atoms with van der Waals surface area (Å²) >= 11 is 0. The fourth-order valence-corrected chi connectivity index (χ4v) is 2.06. The molecule has 2 aromatic rings. The van der Waals surface area contributed by atoms with Gasteiger partial charge in [0, 0.05) is 13.1 Å². The first-order chi connectivity index (χ1) is 9.70. The van der Waals surface area contributed by atoms with Gasteiger partial charge in [-0.05, 0) is 22.8 Å². The van der Waals surface area contributed by atoms with Crippen LogP contribution in [-0.2, 0) is 19.7 Å². The molecule has 0 radical (unpaired) electrons. The zero-order valence-electron chi connectivity index (χ0n) is 11.0. The number of aliphatic hydroxyl groups excluding tert-OH is 1. The van der Waals surface area contributed by atoms with Crippen LogP contribution in [0.3, 0.4) is 0 Å². The molecule has 4 nitrogen and oxygen atoms in total. The molecule has 0 fully saturated rings. The molecule has 0 unspecified atom stereocenters. The van der Waals surface area contributed by atoms with Crippen LogP contribution in [0.5, 0.6) is 0 Å². The van der Waals surface area contributed by atoms with Crippen molar-refractivity contribution in [2.24, 2.45) is 0 Å². The van der Waals surface area contributed by atoms with Crippen LogP contribution in [0, 0.1) is 0 Å². The second-order valence-electron chi connectivity index (χ2n) is 4.54. The number of hydrogen-bond donors (Lipinski definition) is 3. The smallest absolute Gasteiger partial charge is 0.336 e. The standard InChI is InChI=1S/C16H17NO3/c18-11-13-5-3-4-12(8-13)9-17-10-14-6-1-2-7-15(14)16(19)20/h1-8,17-18H,9-11H2,(H,19,20). The fraction of sp³-hybridized carbons (Fsp3) is 0.188. The molecular weight excluding hydrogens is 254 g/mol. The maximum absolute atomic E-state index is 11.1. The summed E-state index contributed by atoms with van der Waals surface area (Å²) in [7, 11) is 0. The van der Waals surface area contributed by atoms with Crippen molar-refractivity contribution in [2.75, 3.05) is 0 Å². The number of carbonyl (C=O) groups is 1. The molecule has 20 heavy (non-hydrogen) atoms. The third-order valence-corrected chi connectivity index (χ3v) is 3.07. The molecule has 4 heteroatoms. The van der Waals surface area contributed by atoms with E-state index in [1.54, 1.807) is 18.2 Å². The molecule has 0 atom stereocenters. The van der Waals surface area contributed by atoms with Gasteiger partial charge in [-0.2, -0.15) is 0 Å². The van der Waals surface area contributed by atoms with Crippen LogP contribution in [0.25, 0.3) is 0 Å². The van der Waals surface area contributed by atoms with Crippen molar-refractivity contribution in [3.05, 3.63) is 70.8 Å². The van der Waals surface area contributed by atoms with Gasteiger partial charge in [0.15, 0.2) is 0 Å². The second kappa shape index (κ2) is 6.84. The summed E-state index contributed by atoms with van der Waals surface area (Å²) in [5.41, 5.74) is 3.02. The van der Waals surface area contributed by atoms with Crippen LogP contribution in [0.4, 0.5) is 0 Å². The molecule has 2 rings (SSSR count). The number of aliphatic hydroxyl groups is 1. The van der Waals surface area contributed by atoms with Crippen molar-refractivity contribution < 1.29 is 15.0 Å². The molecule has 0 saturated carbocycles. The monoisotopic (exact) mass is 271 g/mol. The van der Waals surface area contributed by atoms with E-state index in [0.29, 0.717) is 18.7 Å². The van der Waals surface area contributed by atoms with Crippen LogP contribution in [0.1, 0.15) is 27.0 Å². The highest BCUT2D eigenvalue weighted by Gasteiger charge is 2.08.